The fraction of sp³-hybridized carbons (Fsp3) is 0.143. The number of sulfonamides is 1. The van der Waals surface area contributed by atoms with Gasteiger partial charge in [-0.1, -0.05) is 11.8 Å². The van der Waals surface area contributed by atoms with E-state index in [1.54, 1.807) is 24.3 Å². The average Bonchev–Trinajstić information content (AvgIpc) is 3.06. The van der Waals surface area contributed by atoms with Crippen LogP contribution in [-0.4, -0.2) is 24.8 Å². The van der Waals surface area contributed by atoms with Gasteiger partial charge in [-0.2, -0.15) is 0 Å². The highest BCUT2D eigenvalue weighted by Crippen LogP contribution is 2.27. The molecular weight excluding hydrogens is 340 g/mol. The molecule has 2 amide bonds. The third-order valence-electron chi connectivity index (χ3n) is 3.28. The summed E-state index contributed by atoms with van der Waals surface area (Å²) in [6.07, 6.45) is 0.303. The Bertz CT molecular complexity index is 871. The van der Waals surface area contributed by atoms with Crippen molar-refractivity contribution in [3.63, 3.8) is 0 Å². The van der Waals surface area contributed by atoms with Crippen LogP contribution in [0.1, 0.15) is 5.76 Å². The van der Waals surface area contributed by atoms with Crippen LogP contribution in [0.15, 0.2) is 45.7 Å². The second kappa shape index (κ2) is 5.84. The number of thioether (sulfide) groups is 1. The molecule has 0 bridgehead atoms. The molecule has 1 fully saturated rings. The molecule has 7 nitrogen and oxygen atoms in total. The summed E-state index contributed by atoms with van der Waals surface area (Å²) in [6.45, 7) is 0. The number of hydrogen-bond acceptors (Lipinski definition) is 6. The van der Waals surface area contributed by atoms with E-state index in [1.807, 2.05) is 0 Å². The summed E-state index contributed by atoms with van der Waals surface area (Å²) in [5, 5.41) is 6.42. The van der Waals surface area contributed by atoms with Gasteiger partial charge in [-0.25, -0.2) is 13.6 Å². The van der Waals surface area contributed by atoms with E-state index in [9.17, 15) is 18.0 Å². The van der Waals surface area contributed by atoms with Crippen molar-refractivity contribution in [2.45, 2.75) is 16.6 Å². The van der Waals surface area contributed by atoms with Crippen molar-refractivity contribution in [3.05, 3.63) is 42.2 Å². The topological polar surface area (TPSA) is 119 Å². The molecule has 1 saturated heterocycles. The van der Waals surface area contributed by atoms with Crippen molar-refractivity contribution in [2.24, 2.45) is 5.14 Å². The van der Waals surface area contributed by atoms with Gasteiger partial charge >= 0.3 is 0 Å². The number of carbonyl (C=O) groups is 2. The van der Waals surface area contributed by atoms with Gasteiger partial charge in [0.2, 0.25) is 15.9 Å². The Hall–Kier alpha value is -2.10. The number of hydrogen-bond donors (Lipinski definition) is 2. The van der Waals surface area contributed by atoms with E-state index in [0.717, 1.165) is 11.8 Å². The second-order valence-corrected chi connectivity index (χ2v) is 7.66. The van der Waals surface area contributed by atoms with Crippen LogP contribution in [0, 0.1) is 0 Å². The Morgan fingerprint density at radius 2 is 1.83 bits per heavy atom. The molecule has 0 saturated carbocycles. The van der Waals surface area contributed by atoms with Crippen molar-refractivity contribution in [1.82, 2.24) is 5.32 Å². The van der Waals surface area contributed by atoms with Crippen molar-refractivity contribution in [2.75, 3.05) is 0 Å². The van der Waals surface area contributed by atoms with Gasteiger partial charge < -0.3 is 4.42 Å². The van der Waals surface area contributed by atoms with Crippen LogP contribution in [-0.2, 0) is 21.2 Å². The van der Waals surface area contributed by atoms with Crippen molar-refractivity contribution >= 4 is 32.9 Å². The highest BCUT2D eigenvalue weighted by Gasteiger charge is 2.32. The zero-order valence-corrected chi connectivity index (χ0v) is 13.3. The van der Waals surface area contributed by atoms with Crippen LogP contribution in [0.25, 0.3) is 11.3 Å². The number of benzene rings is 1. The van der Waals surface area contributed by atoms with Crippen molar-refractivity contribution in [3.8, 4) is 11.3 Å². The maximum atomic E-state index is 11.5. The van der Waals surface area contributed by atoms with Gasteiger partial charge in [-0.15, -0.1) is 0 Å². The quantitative estimate of drug-likeness (QED) is 0.860. The molecule has 0 radical (unpaired) electrons. The molecule has 3 rings (SSSR count). The summed E-state index contributed by atoms with van der Waals surface area (Å²) in [5.74, 6) is 0.782. The summed E-state index contributed by atoms with van der Waals surface area (Å²) in [7, 11) is -3.73. The van der Waals surface area contributed by atoms with Crippen LogP contribution >= 0.6 is 11.8 Å². The molecule has 1 aromatic heterocycles. The Morgan fingerprint density at radius 3 is 2.39 bits per heavy atom. The molecule has 120 valence electrons. The summed E-state index contributed by atoms with van der Waals surface area (Å²) >= 11 is 0.938. The molecule has 2 aromatic rings. The van der Waals surface area contributed by atoms with E-state index in [0.29, 0.717) is 23.5 Å². The van der Waals surface area contributed by atoms with Crippen LogP contribution in [0.2, 0.25) is 0 Å². The number of carbonyl (C=O) groups excluding carboxylic acids is 2. The molecule has 1 atom stereocenters. The molecule has 1 aromatic carbocycles. The Labute approximate surface area is 136 Å². The molecule has 2 heterocycles. The van der Waals surface area contributed by atoms with Crippen LogP contribution in [0.3, 0.4) is 0 Å². The molecule has 1 aliphatic heterocycles. The van der Waals surface area contributed by atoms with Gasteiger partial charge in [0, 0.05) is 12.0 Å². The first-order valence-corrected chi connectivity index (χ1v) is 8.99. The number of rotatable bonds is 4. The van der Waals surface area contributed by atoms with Crippen LogP contribution in [0.4, 0.5) is 4.79 Å². The lowest BCUT2D eigenvalue weighted by Gasteiger charge is -2.02. The molecule has 1 aliphatic rings. The molecule has 23 heavy (non-hydrogen) atoms. The van der Waals surface area contributed by atoms with Crippen molar-refractivity contribution < 1.29 is 22.4 Å². The first-order valence-electron chi connectivity index (χ1n) is 6.56. The largest absolute Gasteiger partial charge is 0.461 e. The lowest BCUT2D eigenvalue weighted by atomic mass is 10.2. The molecule has 0 spiro atoms. The summed E-state index contributed by atoms with van der Waals surface area (Å²) in [6, 6.07) is 9.41. The predicted molar refractivity (Wildman–Crippen MR) is 84.1 cm³/mol. The van der Waals surface area contributed by atoms with Crippen LogP contribution < -0.4 is 10.5 Å². The number of primary sulfonamides is 1. The Morgan fingerprint density at radius 1 is 1.13 bits per heavy atom. The number of nitrogens with one attached hydrogen (secondary N) is 1. The SMILES string of the molecule is NS(=O)(=O)c1ccc(-c2ccc(CC3SC(=O)NC3=O)o2)cc1. The number of furan rings is 1. The number of amides is 2. The van der Waals surface area contributed by atoms with Gasteiger partial charge in [-0.3, -0.25) is 14.9 Å². The fourth-order valence-electron chi connectivity index (χ4n) is 2.16. The van der Waals surface area contributed by atoms with Gasteiger partial charge in [0.05, 0.1) is 4.90 Å². The molecule has 9 heteroatoms. The minimum absolute atomic E-state index is 0.0190. The first-order chi connectivity index (χ1) is 10.8. The van der Waals surface area contributed by atoms with Gasteiger partial charge in [-0.05, 0) is 36.4 Å². The number of nitrogens with two attached hydrogens (primary N) is 1. The number of imide groups is 1. The Kier molecular flexibility index (Phi) is 4.00. The zero-order chi connectivity index (χ0) is 16.6. The second-order valence-electron chi connectivity index (χ2n) is 4.92. The van der Waals surface area contributed by atoms with Crippen molar-refractivity contribution in [1.29, 1.82) is 0 Å². The highest BCUT2D eigenvalue weighted by atomic mass is 32.2. The predicted octanol–water partition coefficient (Wildman–Crippen LogP) is 1.49. The maximum absolute atomic E-state index is 11.5. The van der Waals surface area contributed by atoms with E-state index < -0.39 is 15.3 Å². The van der Waals surface area contributed by atoms with Crippen LogP contribution in [0.5, 0.6) is 0 Å². The smallest absolute Gasteiger partial charge is 0.286 e. The van der Waals surface area contributed by atoms with E-state index in [1.165, 1.54) is 12.1 Å². The minimum atomic E-state index is -3.73. The maximum Gasteiger partial charge on any atom is 0.286 e. The molecule has 1 unspecified atom stereocenters. The minimum Gasteiger partial charge on any atom is -0.461 e. The first kappa shape index (κ1) is 15.8. The summed E-state index contributed by atoms with van der Waals surface area (Å²) < 4.78 is 28.1. The molecular formula is C14H12N2O5S2. The normalized spacial score (nSPS) is 18.2. The van der Waals surface area contributed by atoms with E-state index in [2.05, 4.69) is 5.32 Å². The highest BCUT2D eigenvalue weighted by molar-refractivity contribution is 8.15. The molecule has 3 N–H and O–H groups in total. The standard InChI is InChI=1S/C14H12N2O5S2/c15-23(19,20)10-4-1-8(2-5-10)11-6-3-9(21-11)7-12-13(17)16-14(18)22-12/h1-6,12H,7H2,(H2,15,19,20)(H,16,17,18). The Balaban J connectivity index is 1.77. The summed E-state index contributed by atoms with van der Waals surface area (Å²) in [4.78, 5) is 22.7. The lowest BCUT2D eigenvalue weighted by Crippen LogP contribution is -2.25. The third kappa shape index (κ3) is 3.46. The monoisotopic (exact) mass is 352 g/mol. The fourth-order valence-corrected chi connectivity index (χ4v) is 3.51. The lowest BCUT2D eigenvalue weighted by molar-refractivity contribution is -0.119. The molecule has 0 aliphatic carbocycles. The van der Waals surface area contributed by atoms with Gasteiger partial charge in [0.15, 0.2) is 0 Å². The van der Waals surface area contributed by atoms with Gasteiger partial charge in [0.25, 0.3) is 5.24 Å². The third-order valence-corrected chi connectivity index (χ3v) is 5.19. The van der Waals surface area contributed by atoms with E-state index in [4.69, 9.17) is 9.56 Å². The van der Waals surface area contributed by atoms with E-state index in [-0.39, 0.29) is 16.0 Å². The van der Waals surface area contributed by atoms with Gasteiger partial charge in [0.1, 0.15) is 16.8 Å². The zero-order valence-electron chi connectivity index (χ0n) is 11.7. The summed E-state index contributed by atoms with van der Waals surface area (Å²) in [5.41, 5.74) is 0.684. The average molecular weight is 352 g/mol. The van der Waals surface area contributed by atoms with E-state index >= 15 is 0 Å².